The highest BCUT2D eigenvalue weighted by atomic mass is 32.2. The zero-order valence-corrected chi connectivity index (χ0v) is 16.9. The van der Waals surface area contributed by atoms with Crippen LogP contribution in [0.2, 0.25) is 0 Å². The first kappa shape index (κ1) is 19.8. The predicted octanol–water partition coefficient (Wildman–Crippen LogP) is 3.14. The van der Waals surface area contributed by atoms with E-state index < -0.39 is 5.82 Å². The topological polar surface area (TPSA) is 88.2 Å². The number of thioether (sulfide) groups is 1. The van der Waals surface area contributed by atoms with Crippen molar-refractivity contribution in [3.8, 4) is 0 Å². The lowest BCUT2D eigenvalue weighted by atomic mass is 10.1. The fourth-order valence-corrected chi connectivity index (χ4v) is 4.91. The number of hydrogen-bond acceptors (Lipinski definition) is 8. The quantitative estimate of drug-likeness (QED) is 0.542. The molecule has 0 N–H and O–H groups in total. The lowest BCUT2D eigenvalue weighted by molar-refractivity contribution is -0.00543. The van der Waals surface area contributed by atoms with Crippen molar-refractivity contribution in [3.63, 3.8) is 0 Å². The lowest BCUT2D eigenvalue weighted by Crippen LogP contribution is -2.46. The molecule has 0 spiro atoms. The molecule has 2 fully saturated rings. The van der Waals surface area contributed by atoms with Crippen LogP contribution in [0.25, 0.3) is 11.0 Å². The van der Waals surface area contributed by atoms with E-state index in [2.05, 4.69) is 16.9 Å². The zero-order valence-electron chi connectivity index (χ0n) is 16.1. The van der Waals surface area contributed by atoms with E-state index in [0.29, 0.717) is 37.9 Å². The summed E-state index contributed by atoms with van der Waals surface area (Å²) < 4.78 is 26.4. The van der Waals surface area contributed by atoms with E-state index in [9.17, 15) is 9.59 Å². The second kappa shape index (κ2) is 7.75. The van der Waals surface area contributed by atoms with E-state index in [0.717, 1.165) is 11.8 Å². The zero-order chi connectivity index (χ0) is 20.7. The predicted molar refractivity (Wildman–Crippen MR) is 110 cm³/mol. The molecule has 3 atom stereocenters. The maximum atomic E-state index is 15.4. The van der Waals surface area contributed by atoms with Gasteiger partial charge in [-0.25, -0.2) is 4.39 Å². The fraction of sp³-hybridized carbons (Fsp3) is 0.474. The Hall–Kier alpha value is -2.46. The van der Waals surface area contributed by atoms with Gasteiger partial charge in [-0.15, -0.1) is 0 Å². The Morgan fingerprint density at radius 1 is 1.38 bits per heavy atom. The third kappa shape index (κ3) is 3.51. The van der Waals surface area contributed by atoms with Crippen molar-refractivity contribution in [3.05, 3.63) is 17.4 Å². The number of benzene rings is 1. The maximum absolute atomic E-state index is 15.4. The molecule has 29 heavy (non-hydrogen) atoms. The summed E-state index contributed by atoms with van der Waals surface area (Å²) >= 11 is 1.13. The Kier molecular flexibility index (Phi) is 5.30. The highest BCUT2D eigenvalue weighted by Gasteiger charge is 2.36. The molecular weight excluding hydrogens is 399 g/mol. The van der Waals surface area contributed by atoms with Gasteiger partial charge in [-0.05, 0) is 26.6 Å². The standard InChI is InChI=1S/C19H21FN4O4S/c1-10-6-23(7-11(2)27-10)16-12(9-25)4-14-17(15(16)20)28-22-18(14)24-8-13(5-21-3)29-19(24)26/h4,9-11,13H,3,5-8H2,1-2H3/t10-,11-,13+/m1/s1. The van der Waals surface area contributed by atoms with Gasteiger partial charge in [-0.1, -0.05) is 16.9 Å². The van der Waals surface area contributed by atoms with Crippen LogP contribution in [0, 0.1) is 5.82 Å². The molecule has 1 aromatic carbocycles. The second-order valence-electron chi connectivity index (χ2n) is 7.31. The van der Waals surface area contributed by atoms with Gasteiger partial charge in [0, 0.05) is 25.2 Å². The van der Waals surface area contributed by atoms with Crippen LogP contribution in [-0.4, -0.2) is 67.0 Å². The van der Waals surface area contributed by atoms with Gasteiger partial charge in [0.15, 0.2) is 17.9 Å². The van der Waals surface area contributed by atoms with Crippen molar-refractivity contribution in [2.75, 3.05) is 36.0 Å². The number of carbonyl (C=O) groups excluding carboxylic acids is 2. The van der Waals surface area contributed by atoms with Crippen LogP contribution < -0.4 is 9.80 Å². The van der Waals surface area contributed by atoms with E-state index in [1.54, 1.807) is 4.90 Å². The van der Waals surface area contributed by atoms with Crippen LogP contribution in [-0.2, 0) is 4.74 Å². The Labute approximate surface area is 171 Å². The first-order chi connectivity index (χ1) is 13.9. The molecule has 3 heterocycles. The van der Waals surface area contributed by atoms with Crippen LogP contribution in [0.3, 0.4) is 0 Å². The van der Waals surface area contributed by atoms with Gasteiger partial charge in [0.05, 0.1) is 35.1 Å². The summed E-state index contributed by atoms with van der Waals surface area (Å²) in [5.74, 6) is -0.449. The molecular formula is C19H21FN4O4S. The number of nitrogens with zero attached hydrogens (tertiary/aromatic N) is 4. The van der Waals surface area contributed by atoms with Crippen molar-refractivity contribution >= 4 is 52.5 Å². The minimum absolute atomic E-state index is 0.0577. The number of carbonyl (C=O) groups is 2. The fourth-order valence-electron chi connectivity index (χ4n) is 3.94. The normalized spacial score (nSPS) is 25.1. The molecule has 1 amide bonds. The number of anilines is 2. The van der Waals surface area contributed by atoms with Crippen molar-refractivity contribution in [2.24, 2.45) is 4.99 Å². The average Bonchev–Trinajstić information content (AvgIpc) is 3.24. The third-order valence-corrected chi connectivity index (χ3v) is 6.07. The molecule has 4 rings (SSSR count). The molecule has 10 heteroatoms. The van der Waals surface area contributed by atoms with Crippen LogP contribution in [0.15, 0.2) is 15.6 Å². The van der Waals surface area contributed by atoms with Gasteiger partial charge in [0.25, 0.3) is 5.24 Å². The highest BCUT2D eigenvalue weighted by Crippen LogP contribution is 2.39. The number of ether oxygens (including phenoxy) is 1. The van der Waals surface area contributed by atoms with Crippen LogP contribution in [0.5, 0.6) is 0 Å². The van der Waals surface area contributed by atoms with Gasteiger partial charge in [-0.2, -0.15) is 0 Å². The average molecular weight is 420 g/mol. The van der Waals surface area contributed by atoms with Gasteiger partial charge >= 0.3 is 0 Å². The number of aldehydes is 1. The van der Waals surface area contributed by atoms with E-state index in [4.69, 9.17) is 9.26 Å². The molecule has 1 aromatic heterocycles. The number of aromatic nitrogens is 1. The summed E-state index contributed by atoms with van der Waals surface area (Å²) in [7, 11) is 0. The summed E-state index contributed by atoms with van der Waals surface area (Å²) in [6, 6.07) is 1.54. The molecule has 0 unspecified atom stereocenters. The molecule has 0 radical (unpaired) electrons. The minimum atomic E-state index is -0.659. The molecule has 0 saturated carbocycles. The summed E-state index contributed by atoms with van der Waals surface area (Å²) in [6.45, 7) is 8.95. The molecule has 8 nitrogen and oxygen atoms in total. The first-order valence-corrected chi connectivity index (χ1v) is 10.2. The van der Waals surface area contributed by atoms with E-state index in [-0.39, 0.29) is 45.3 Å². The first-order valence-electron chi connectivity index (χ1n) is 9.31. The summed E-state index contributed by atoms with van der Waals surface area (Å²) in [4.78, 5) is 31.2. The van der Waals surface area contributed by atoms with Gasteiger partial charge in [0.1, 0.15) is 0 Å². The number of hydrogen-bond donors (Lipinski definition) is 0. The van der Waals surface area contributed by atoms with Crippen LogP contribution in [0.4, 0.5) is 20.7 Å². The van der Waals surface area contributed by atoms with E-state index in [1.807, 2.05) is 13.8 Å². The van der Waals surface area contributed by atoms with Crippen LogP contribution >= 0.6 is 11.8 Å². The van der Waals surface area contributed by atoms with Crippen molar-refractivity contribution < 1.29 is 23.2 Å². The Bertz CT molecular complexity index is 971. The van der Waals surface area contributed by atoms with Crippen molar-refractivity contribution in [1.29, 1.82) is 0 Å². The molecule has 2 aliphatic heterocycles. The Balaban J connectivity index is 1.77. The van der Waals surface area contributed by atoms with E-state index in [1.165, 1.54) is 11.0 Å². The number of halogens is 1. The smallest absolute Gasteiger partial charge is 0.287 e. The lowest BCUT2D eigenvalue weighted by Gasteiger charge is -2.37. The number of fused-ring (bicyclic) bond motifs is 1. The molecule has 154 valence electrons. The summed E-state index contributed by atoms with van der Waals surface area (Å²) in [5, 5.41) is 3.96. The number of morpholine rings is 1. The number of rotatable bonds is 5. The monoisotopic (exact) mass is 420 g/mol. The SMILES string of the molecule is C=NC[C@H]1CN(c2noc3c(F)c(N4C[C@@H](C)O[C@H](C)C4)c(C=O)cc23)C(=O)S1. The second-order valence-corrected chi connectivity index (χ2v) is 8.57. The van der Waals surface area contributed by atoms with Crippen LogP contribution in [0.1, 0.15) is 24.2 Å². The number of aliphatic imine (C=N–C) groups is 1. The number of amides is 1. The minimum Gasteiger partial charge on any atom is -0.372 e. The maximum Gasteiger partial charge on any atom is 0.287 e. The van der Waals surface area contributed by atoms with Gasteiger partial charge in [0.2, 0.25) is 5.58 Å². The third-order valence-electron chi connectivity index (χ3n) is 5.01. The molecule has 2 saturated heterocycles. The van der Waals surface area contributed by atoms with Gasteiger partial charge < -0.3 is 14.2 Å². The molecule has 0 aliphatic carbocycles. The van der Waals surface area contributed by atoms with Crippen molar-refractivity contribution in [1.82, 2.24) is 5.16 Å². The molecule has 0 bridgehead atoms. The molecule has 2 aliphatic rings. The molecule has 2 aromatic rings. The highest BCUT2D eigenvalue weighted by molar-refractivity contribution is 8.14. The Morgan fingerprint density at radius 2 is 2.10 bits per heavy atom. The van der Waals surface area contributed by atoms with E-state index >= 15 is 4.39 Å². The van der Waals surface area contributed by atoms with Crippen molar-refractivity contribution in [2.45, 2.75) is 31.3 Å². The van der Waals surface area contributed by atoms with Gasteiger partial charge in [-0.3, -0.25) is 19.5 Å². The largest absolute Gasteiger partial charge is 0.372 e. The Morgan fingerprint density at radius 3 is 2.76 bits per heavy atom. The summed E-state index contributed by atoms with van der Waals surface area (Å²) in [6.07, 6.45) is 0.409. The summed E-state index contributed by atoms with van der Waals surface area (Å²) in [5.41, 5.74) is 0.285.